The zero-order valence-corrected chi connectivity index (χ0v) is 13.0. The minimum atomic E-state index is -4.72. The van der Waals surface area contributed by atoms with Gasteiger partial charge in [-0.05, 0) is 43.5 Å². The number of hydrogen-bond donors (Lipinski definition) is 1. The molecule has 0 aliphatic rings. The fourth-order valence-corrected chi connectivity index (χ4v) is 2.40. The van der Waals surface area contributed by atoms with E-state index < -0.39 is 17.6 Å². The van der Waals surface area contributed by atoms with Crippen molar-refractivity contribution in [2.24, 2.45) is 5.73 Å². The molecule has 0 bridgehead atoms. The molecule has 0 fully saturated rings. The first-order valence-corrected chi connectivity index (χ1v) is 7.70. The van der Waals surface area contributed by atoms with Gasteiger partial charge < -0.3 is 10.5 Å². The van der Waals surface area contributed by atoms with E-state index in [1.165, 1.54) is 0 Å². The van der Waals surface area contributed by atoms with Gasteiger partial charge in [0.15, 0.2) is 0 Å². The molecule has 0 saturated carbocycles. The van der Waals surface area contributed by atoms with Gasteiger partial charge in [0.05, 0.1) is 5.56 Å². The highest BCUT2D eigenvalue weighted by molar-refractivity contribution is 5.31. The SMILES string of the molecule is NCCCC[C@@H](Oc1ccc(C(F)(F)F)c(F)c1)c1ccccc1. The van der Waals surface area contributed by atoms with Crippen LogP contribution in [0.25, 0.3) is 0 Å². The van der Waals surface area contributed by atoms with Crippen LogP contribution in [0.5, 0.6) is 5.75 Å². The second kappa shape index (κ2) is 8.15. The Morgan fingerprint density at radius 3 is 2.29 bits per heavy atom. The van der Waals surface area contributed by atoms with Crippen molar-refractivity contribution in [1.29, 1.82) is 0 Å². The van der Waals surface area contributed by atoms with Crippen molar-refractivity contribution in [3.8, 4) is 5.75 Å². The number of nitrogens with two attached hydrogens (primary N) is 1. The molecular formula is C18H19F4NO. The first-order chi connectivity index (χ1) is 11.4. The predicted molar refractivity (Wildman–Crippen MR) is 84.1 cm³/mol. The molecule has 0 aromatic heterocycles. The molecule has 130 valence electrons. The summed E-state index contributed by atoms with van der Waals surface area (Å²) in [5, 5.41) is 0. The van der Waals surface area contributed by atoms with Crippen LogP contribution in [0.3, 0.4) is 0 Å². The highest BCUT2D eigenvalue weighted by Gasteiger charge is 2.34. The highest BCUT2D eigenvalue weighted by atomic mass is 19.4. The van der Waals surface area contributed by atoms with Crippen LogP contribution >= 0.6 is 0 Å². The van der Waals surface area contributed by atoms with Crippen molar-refractivity contribution < 1.29 is 22.3 Å². The van der Waals surface area contributed by atoms with Gasteiger partial charge in [0.25, 0.3) is 0 Å². The minimum Gasteiger partial charge on any atom is -0.486 e. The molecule has 0 saturated heterocycles. The second-order valence-electron chi connectivity index (χ2n) is 5.44. The minimum absolute atomic E-state index is 0.0714. The Morgan fingerprint density at radius 2 is 1.71 bits per heavy atom. The van der Waals surface area contributed by atoms with Gasteiger partial charge in [-0.25, -0.2) is 4.39 Å². The molecule has 0 aliphatic heterocycles. The summed E-state index contributed by atoms with van der Waals surface area (Å²) in [4.78, 5) is 0. The van der Waals surface area contributed by atoms with Gasteiger partial charge in [-0.3, -0.25) is 0 Å². The normalized spacial score (nSPS) is 12.9. The van der Waals surface area contributed by atoms with E-state index in [0.29, 0.717) is 19.0 Å². The molecular weight excluding hydrogens is 322 g/mol. The average Bonchev–Trinajstić information content (AvgIpc) is 2.54. The largest absolute Gasteiger partial charge is 0.486 e. The molecule has 2 aromatic carbocycles. The number of rotatable bonds is 7. The molecule has 0 radical (unpaired) electrons. The summed E-state index contributed by atoms with van der Waals surface area (Å²) in [7, 11) is 0. The molecule has 2 aromatic rings. The summed E-state index contributed by atoms with van der Waals surface area (Å²) in [5.74, 6) is -1.27. The van der Waals surface area contributed by atoms with Crippen molar-refractivity contribution >= 4 is 0 Å². The predicted octanol–water partition coefficient (Wildman–Crippen LogP) is 5.09. The first kappa shape index (κ1) is 18.3. The Kier molecular flexibility index (Phi) is 6.20. The molecule has 0 unspecified atom stereocenters. The molecule has 0 amide bonds. The molecule has 0 spiro atoms. The molecule has 1 atom stereocenters. The summed E-state index contributed by atoms with van der Waals surface area (Å²) in [5.41, 5.74) is 5.07. The van der Waals surface area contributed by atoms with E-state index in [0.717, 1.165) is 30.5 Å². The number of hydrogen-bond acceptors (Lipinski definition) is 2. The highest BCUT2D eigenvalue weighted by Crippen LogP contribution is 2.34. The summed E-state index contributed by atoms with van der Waals surface area (Å²) < 4.78 is 57.3. The number of halogens is 4. The first-order valence-electron chi connectivity index (χ1n) is 7.70. The maximum absolute atomic E-state index is 13.7. The van der Waals surface area contributed by atoms with E-state index in [1.54, 1.807) is 0 Å². The van der Waals surface area contributed by atoms with Gasteiger partial charge in [-0.15, -0.1) is 0 Å². The maximum Gasteiger partial charge on any atom is 0.419 e. The van der Waals surface area contributed by atoms with Crippen LogP contribution in [-0.4, -0.2) is 6.54 Å². The zero-order chi connectivity index (χ0) is 17.6. The van der Waals surface area contributed by atoms with Crippen molar-refractivity contribution in [2.45, 2.75) is 31.5 Å². The quantitative estimate of drug-likeness (QED) is 0.562. The second-order valence-corrected chi connectivity index (χ2v) is 5.44. The standard InChI is InChI=1S/C18H19F4NO/c19-16-12-14(9-10-15(16)18(20,21)22)24-17(8-4-5-11-23)13-6-2-1-3-7-13/h1-3,6-7,9-10,12,17H,4-5,8,11,23H2/t17-/m1/s1. The Bertz CT molecular complexity index is 643. The smallest absolute Gasteiger partial charge is 0.419 e. The molecule has 6 heteroatoms. The molecule has 24 heavy (non-hydrogen) atoms. The van der Waals surface area contributed by atoms with Crippen LogP contribution in [0, 0.1) is 5.82 Å². The van der Waals surface area contributed by atoms with E-state index in [1.807, 2.05) is 30.3 Å². The van der Waals surface area contributed by atoms with Crippen LogP contribution in [0.1, 0.15) is 36.5 Å². The summed E-state index contributed by atoms with van der Waals surface area (Å²) in [6, 6.07) is 11.9. The van der Waals surface area contributed by atoms with Gasteiger partial charge in [0, 0.05) is 6.07 Å². The lowest BCUT2D eigenvalue weighted by atomic mass is 10.0. The lowest BCUT2D eigenvalue weighted by Gasteiger charge is -2.20. The lowest BCUT2D eigenvalue weighted by Crippen LogP contribution is -2.11. The van der Waals surface area contributed by atoms with Crippen LogP contribution in [0.15, 0.2) is 48.5 Å². The Morgan fingerprint density at radius 1 is 1.00 bits per heavy atom. The lowest BCUT2D eigenvalue weighted by molar-refractivity contribution is -0.140. The molecule has 2 nitrogen and oxygen atoms in total. The third-order valence-electron chi connectivity index (χ3n) is 3.62. The Labute approximate surface area is 138 Å². The van der Waals surface area contributed by atoms with E-state index in [9.17, 15) is 17.6 Å². The van der Waals surface area contributed by atoms with Gasteiger partial charge in [0.1, 0.15) is 17.7 Å². The maximum atomic E-state index is 13.7. The topological polar surface area (TPSA) is 35.2 Å². The van der Waals surface area contributed by atoms with E-state index in [-0.39, 0.29) is 11.9 Å². The Hall–Kier alpha value is -2.08. The Balaban J connectivity index is 2.18. The summed E-state index contributed by atoms with van der Waals surface area (Å²) >= 11 is 0. The fourth-order valence-electron chi connectivity index (χ4n) is 2.40. The van der Waals surface area contributed by atoms with Crippen LogP contribution in [0.2, 0.25) is 0 Å². The zero-order valence-electron chi connectivity index (χ0n) is 13.0. The molecule has 2 rings (SSSR count). The number of ether oxygens (including phenoxy) is 1. The van der Waals surface area contributed by atoms with Crippen LogP contribution in [-0.2, 0) is 6.18 Å². The van der Waals surface area contributed by atoms with Gasteiger partial charge in [-0.2, -0.15) is 13.2 Å². The van der Waals surface area contributed by atoms with Crippen molar-refractivity contribution in [3.63, 3.8) is 0 Å². The third kappa shape index (κ3) is 4.96. The summed E-state index contributed by atoms with van der Waals surface area (Å²) in [6.07, 6.45) is -2.83. The van der Waals surface area contributed by atoms with E-state index >= 15 is 0 Å². The van der Waals surface area contributed by atoms with Crippen molar-refractivity contribution in [3.05, 3.63) is 65.5 Å². The number of alkyl halides is 3. The van der Waals surface area contributed by atoms with Crippen molar-refractivity contribution in [2.75, 3.05) is 6.54 Å². The van der Waals surface area contributed by atoms with E-state index in [4.69, 9.17) is 10.5 Å². The van der Waals surface area contributed by atoms with Gasteiger partial charge in [-0.1, -0.05) is 30.3 Å². The summed E-state index contributed by atoms with van der Waals surface area (Å²) in [6.45, 7) is 0.552. The van der Waals surface area contributed by atoms with Gasteiger partial charge in [0.2, 0.25) is 0 Å². The van der Waals surface area contributed by atoms with E-state index in [2.05, 4.69) is 0 Å². The van der Waals surface area contributed by atoms with Crippen LogP contribution in [0.4, 0.5) is 17.6 Å². The van der Waals surface area contributed by atoms with Crippen LogP contribution < -0.4 is 10.5 Å². The van der Waals surface area contributed by atoms with Gasteiger partial charge >= 0.3 is 6.18 Å². The fraction of sp³-hybridized carbons (Fsp3) is 0.333. The molecule has 0 heterocycles. The molecule has 0 aliphatic carbocycles. The van der Waals surface area contributed by atoms with Crippen molar-refractivity contribution in [1.82, 2.24) is 0 Å². The number of benzene rings is 2. The number of unbranched alkanes of at least 4 members (excludes halogenated alkanes) is 1. The average molecular weight is 341 g/mol. The monoisotopic (exact) mass is 341 g/mol. The third-order valence-corrected chi connectivity index (χ3v) is 3.62. The molecule has 2 N–H and O–H groups in total.